The van der Waals surface area contributed by atoms with Crippen LogP contribution in [0, 0.1) is 5.92 Å². The second kappa shape index (κ2) is 17.2. The van der Waals surface area contributed by atoms with E-state index in [1.165, 1.54) is 24.6 Å². The zero-order valence-corrected chi connectivity index (χ0v) is 29.0. The summed E-state index contributed by atoms with van der Waals surface area (Å²) >= 11 is 0. The summed E-state index contributed by atoms with van der Waals surface area (Å²) in [6.07, 6.45) is 7.22. The van der Waals surface area contributed by atoms with Gasteiger partial charge in [-0.1, -0.05) is 44.4 Å². The fraction of sp³-hybridized carbons (Fsp3) is 0.600. The zero-order chi connectivity index (χ0) is 34.0. The number of benzene rings is 2. The fourth-order valence-electron chi connectivity index (χ4n) is 6.15. The molecule has 0 aromatic heterocycles. The molecule has 2 aromatic rings. The van der Waals surface area contributed by atoms with Gasteiger partial charge in [-0.2, -0.15) is 0 Å². The first-order valence-electron chi connectivity index (χ1n) is 16.9. The van der Waals surface area contributed by atoms with E-state index in [1.54, 1.807) is 54.1 Å². The first kappa shape index (κ1) is 36.5. The number of hydrogen-bond acceptors (Lipinski definition) is 7. The maximum Gasteiger partial charge on any atom is 0.317 e. The van der Waals surface area contributed by atoms with Crippen LogP contribution in [-0.4, -0.2) is 92.9 Å². The van der Waals surface area contributed by atoms with Crippen LogP contribution < -0.4 is 14.8 Å². The monoisotopic (exact) mass is 672 g/mol. The molecule has 0 saturated heterocycles. The van der Waals surface area contributed by atoms with Crippen molar-refractivity contribution in [2.45, 2.75) is 101 Å². The molecule has 260 valence electrons. The number of aliphatic hydroxyl groups is 1. The van der Waals surface area contributed by atoms with E-state index in [4.69, 9.17) is 9.47 Å². The molecule has 1 aliphatic carbocycles. The quantitative estimate of drug-likeness (QED) is 0.348. The largest absolute Gasteiger partial charge is 0.490 e. The molecule has 3 amide bonds. The Balaban J connectivity index is 1.60. The van der Waals surface area contributed by atoms with Gasteiger partial charge in [0.1, 0.15) is 5.75 Å². The average Bonchev–Trinajstić information content (AvgIpc) is 3.06. The van der Waals surface area contributed by atoms with Crippen LogP contribution in [0.15, 0.2) is 53.4 Å². The summed E-state index contributed by atoms with van der Waals surface area (Å²) in [6.45, 7) is 6.49. The van der Waals surface area contributed by atoms with Gasteiger partial charge < -0.3 is 29.7 Å². The highest BCUT2D eigenvalue weighted by Gasteiger charge is 2.31. The molecule has 1 fully saturated rings. The predicted molar refractivity (Wildman–Crippen MR) is 182 cm³/mol. The highest BCUT2D eigenvalue weighted by molar-refractivity contribution is 7.92. The van der Waals surface area contributed by atoms with Crippen LogP contribution in [-0.2, 0) is 14.8 Å². The van der Waals surface area contributed by atoms with Gasteiger partial charge in [-0.05, 0) is 76.3 Å². The van der Waals surface area contributed by atoms with Gasteiger partial charge in [-0.3, -0.25) is 9.52 Å². The lowest BCUT2D eigenvalue weighted by Gasteiger charge is -2.36. The lowest BCUT2D eigenvalue weighted by atomic mass is 9.96. The average molecular weight is 673 g/mol. The van der Waals surface area contributed by atoms with E-state index in [0.717, 1.165) is 44.9 Å². The molecular formula is C35H52N4O7S. The van der Waals surface area contributed by atoms with Crippen molar-refractivity contribution in [1.82, 2.24) is 15.1 Å². The third-order valence-corrected chi connectivity index (χ3v) is 10.5. The summed E-state index contributed by atoms with van der Waals surface area (Å²) in [4.78, 5) is 30.8. The highest BCUT2D eigenvalue weighted by Crippen LogP contribution is 2.29. The van der Waals surface area contributed by atoms with E-state index >= 15 is 0 Å². The predicted octanol–water partition coefficient (Wildman–Crippen LogP) is 5.26. The minimum absolute atomic E-state index is 0.101. The Bertz CT molecular complexity index is 1420. The van der Waals surface area contributed by atoms with Gasteiger partial charge >= 0.3 is 6.03 Å². The van der Waals surface area contributed by atoms with Crippen LogP contribution in [0.2, 0.25) is 0 Å². The van der Waals surface area contributed by atoms with Crippen molar-refractivity contribution in [2.24, 2.45) is 5.92 Å². The summed E-state index contributed by atoms with van der Waals surface area (Å²) in [5, 5.41) is 13.4. The molecule has 0 spiro atoms. The first-order chi connectivity index (χ1) is 22.5. The summed E-state index contributed by atoms with van der Waals surface area (Å²) in [5.41, 5.74) is 0.408. The fourth-order valence-corrected chi connectivity index (χ4v) is 7.22. The van der Waals surface area contributed by atoms with Crippen molar-refractivity contribution in [3.8, 4) is 5.75 Å². The van der Waals surface area contributed by atoms with Crippen LogP contribution in [0.1, 0.15) is 82.5 Å². The smallest absolute Gasteiger partial charge is 0.317 e. The first-order valence-corrected chi connectivity index (χ1v) is 18.4. The molecule has 0 bridgehead atoms. The van der Waals surface area contributed by atoms with Crippen LogP contribution in [0.4, 0.5) is 10.5 Å². The lowest BCUT2D eigenvalue weighted by Crippen LogP contribution is -2.50. The van der Waals surface area contributed by atoms with Crippen molar-refractivity contribution in [3.63, 3.8) is 0 Å². The van der Waals surface area contributed by atoms with E-state index in [0.29, 0.717) is 18.9 Å². The number of hydrogen-bond donors (Lipinski definition) is 3. The van der Waals surface area contributed by atoms with E-state index < -0.39 is 22.0 Å². The van der Waals surface area contributed by atoms with Gasteiger partial charge in [0.2, 0.25) is 0 Å². The van der Waals surface area contributed by atoms with Crippen molar-refractivity contribution >= 4 is 27.6 Å². The van der Waals surface area contributed by atoms with E-state index in [1.807, 2.05) is 13.8 Å². The molecule has 1 heterocycles. The van der Waals surface area contributed by atoms with Crippen LogP contribution in [0.3, 0.4) is 0 Å². The van der Waals surface area contributed by atoms with Crippen LogP contribution in [0.25, 0.3) is 0 Å². The minimum atomic E-state index is -3.91. The number of carbonyl (C=O) groups is 2. The van der Waals surface area contributed by atoms with E-state index in [2.05, 4.69) is 10.0 Å². The van der Waals surface area contributed by atoms with Crippen molar-refractivity contribution in [1.29, 1.82) is 0 Å². The number of sulfonamides is 1. The van der Waals surface area contributed by atoms with Gasteiger partial charge in [-0.15, -0.1) is 0 Å². The number of fused-ring (bicyclic) bond motifs is 1. The molecule has 4 rings (SSSR count). The summed E-state index contributed by atoms with van der Waals surface area (Å²) < 4.78 is 41.4. The van der Waals surface area contributed by atoms with E-state index in [9.17, 15) is 23.1 Å². The van der Waals surface area contributed by atoms with Crippen LogP contribution >= 0.6 is 0 Å². The molecule has 4 atom stereocenters. The number of amides is 3. The maximum absolute atomic E-state index is 14.3. The van der Waals surface area contributed by atoms with Gasteiger partial charge in [-0.25, -0.2) is 13.2 Å². The third-order valence-electron chi connectivity index (χ3n) is 9.09. The molecule has 0 unspecified atom stereocenters. The number of carbonyl (C=O) groups excluding carboxylic acids is 2. The number of nitrogens with zero attached hydrogens (tertiary/aromatic N) is 2. The zero-order valence-electron chi connectivity index (χ0n) is 28.2. The van der Waals surface area contributed by atoms with Crippen LogP contribution in [0.5, 0.6) is 5.75 Å². The topological polar surface area (TPSA) is 138 Å². The summed E-state index contributed by atoms with van der Waals surface area (Å²) in [5.74, 6) is -0.263. The number of ether oxygens (including phenoxy) is 2. The second-order valence-electron chi connectivity index (χ2n) is 13.1. The van der Waals surface area contributed by atoms with Crippen molar-refractivity contribution < 1.29 is 32.6 Å². The number of urea groups is 1. The van der Waals surface area contributed by atoms with E-state index in [-0.39, 0.29) is 59.5 Å². The van der Waals surface area contributed by atoms with Gasteiger partial charge in [0.15, 0.2) is 0 Å². The standard InChI is InChI=1S/C35H52N4O7S/c1-25-22-39(26(2)24-40)34(41)31-21-29(37-47(43,44)30-16-9-6-10-17-30)18-19-32(31)46-27(3)13-11-12-20-45-33(25)23-38(4)35(42)36-28-14-7-5-8-15-28/h6,9-10,16-19,21,25-28,33,37,40H,5,7-8,11-15,20,22-24H2,1-4H3,(H,36,42)/t25-,26-,27-,33+/m1/s1. The molecule has 12 heteroatoms. The summed E-state index contributed by atoms with van der Waals surface area (Å²) in [7, 11) is -2.14. The highest BCUT2D eigenvalue weighted by atomic mass is 32.2. The lowest BCUT2D eigenvalue weighted by molar-refractivity contribution is -0.0123. The van der Waals surface area contributed by atoms with Crippen molar-refractivity contribution in [3.05, 3.63) is 54.1 Å². The molecule has 3 N–H and O–H groups in total. The van der Waals surface area contributed by atoms with Gasteiger partial charge in [0, 0.05) is 44.4 Å². The Kier molecular flexibility index (Phi) is 13.3. The Labute approximate surface area is 280 Å². The molecule has 0 radical (unpaired) electrons. The number of rotatable bonds is 8. The molecule has 2 aromatic carbocycles. The molecule has 11 nitrogen and oxygen atoms in total. The Hall–Kier alpha value is -3.35. The number of likely N-dealkylation sites (N-methyl/N-ethyl adjacent to an activating group) is 1. The molecule has 1 aliphatic heterocycles. The number of nitrogens with one attached hydrogen (secondary N) is 2. The SMILES string of the molecule is C[C@@H]1CCCCO[C@@H](CN(C)C(=O)NC2CCCCC2)[C@H](C)CN([C@H](C)CO)C(=O)c2cc(NS(=O)(=O)c3ccccc3)ccc2O1. The van der Waals surface area contributed by atoms with Gasteiger partial charge in [0.05, 0.1) is 35.3 Å². The Morgan fingerprint density at radius 1 is 1.04 bits per heavy atom. The number of aliphatic hydroxyl groups excluding tert-OH is 1. The minimum Gasteiger partial charge on any atom is -0.490 e. The number of anilines is 1. The normalized spacial score (nSPS) is 22.7. The Morgan fingerprint density at radius 2 is 1.74 bits per heavy atom. The third kappa shape index (κ3) is 10.3. The molecule has 1 saturated carbocycles. The van der Waals surface area contributed by atoms with Gasteiger partial charge in [0.25, 0.3) is 15.9 Å². The van der Waals surface area contributed by atoms with Crippen molar-refractivity contribution in [2.75, 3.05) is 38.1 Å². The molecule has 47 heavy (non-hydrogen) atoms. The molecular weight excluding hydrogens is 620 g/mol. The maximum atomic E-state index is 14.3. The molecule has 2 aliphatic rings. The Morgan fingerprint density at radius 3 is 2.45 bits per heavy atom. The second-order valence-corrected chi connectivity index (χ2v) is 14.8. The summed E-state index contributed by atoms with van der Waals surface area (Å²) in [6, 6.07) is 12.2.